The second-order valence-electron chi connectivity index (χ2n) is 6.58. The molecule has 6 nitrogen and oxygen atoms in total. The van der Waals surface area contributed by atoms with Crippen molar-refractivity contribution >= 4 is 45.9 Å². The van der Waals surface area contributed by atoms with Crippen LogP contribution in [0.25, 0.3) is 17.0 Å². The number of rotatable bonds is 5. The van der Waals surface area contributed by atoms with Crippen molar-refractivity contribution in [1.29, 1.82) is 0 Å². The Labute approximate surface area is 162 Å². The minimum atomic E-state index is -0.944. The number of hydrogen-bond donors (Lipinski definition) is 0. The van der Waals surface area contributed by atoms with Gasteiger partial charge in [-0.15, -0.1) is 0 Å². The number of ether oxygens (including phenoxy) is 1. The highest BCUT2D eigenvalue weighted by atomic mass is 32.2. The van der Waals surface area contributed by atoms with Crippen LogP contribution in [0.2, 0.25) is 0 Å². The Hall–Kier alpha value is -2.54. The fourth-order valence-electron chi connectivity index (χ4n) is 3.10. The van der Waals surface area contributed by atoms with Gasteiger partial charge in [0.25, 0.3) is 11.1 Å². The molecule has 2 amide bonds. The van der Waals surface area contributed by atoms with Gasteiger partial charge in [0.1, 0.15) is 6.04 Å². The quantitative estimate of drug-likeness (QED) is 0.569. The summed E-state index contributed by atoms with van der Waals surface area (Å²) < 4.78 is 7.07. The fourth-order valence-corrected chi connectivity index (χ4v) is 4.00. The summed E-state index contributed by atoms with van der Waals surface area (Å²) in [5.74, 6) is -1.05. The van der Waals surface area contributed by atoms with Crippen molar-refractivity contribution in [2.24, 2.45) is 0 Å². The zero-order valence-corrected chi connectivity index (χ0v) is 16.6. The lowest BCUT2D eigenvalue weighted by Gasteiger charge is -2.19. The SMILES string of the molecule is CCOC(=O)C(C)N1C(=O)SC(=Cc2cn(C(C)C)c3ccccc23)C1=O. The van der Waals surface area contributed by atoms with E-state index < -0.39 is 23.2 Å². The van der Waals surface area contributed by atoms with Crippen molar-refractivity contribution in [2.75, 3.05) is 6.61 Å². The Morgan fingerprint density at radius 2 is 1.93 bits per heavy atom. The van der Waals surface area contributed by atoms with E-state index in [1.807, 2.05) is 30.5 Å². The van der Waals surface area contributed by atoms with Crippen LogP contribution in [0.1, 0.15) is 39.3 Å². The molecule has 27 heavy (non-hydrogen) atoms. The van der Waals surface area contributed by atoms with Crippen LogP contribution in [0.15, 0.2) is 35.4 Å². The normalized spacial score (nSPS) is 17.4. The Balaban J connectivity index is 1.97. The highest BCUT2D eigenvalue weighted by Crippen LogP contribution is 2.35. The molecule has 0 radical (unpaired) electrons. The summed E-state index contributed by atoms with van der Waals surface area (Å²) in [7, 11) is 0. The van der Waals surface area contributed by atoms with Gasteiger partial charge in [0.05, 0.1) is 11.5 Å². The van der Waals surface area contributed by atoms with E-state index in [1.165, 1.54) is 6.92 Å². The van der Waals surface area contributed by atoms with Gasteiger partial charge in [0.15, 0.2) is 0 Å². The van der Waals surface area contributed by atoms with E-state index in [1.54, 1.807) is 13.0 Å². The van der Waals surface area contributed by atoms with E-state index in [0.29, 0.717) is 4.91 Å². The van der Waals surface area contributed by atoms with Gasteiger partial charge in [-0.1, -0.05) is 18.2 Å². The van der Waals surface area contributed by atoms with E-state index in [2.05, 4.69) is 18.4 Å². The largest absolute Gasteiger partial charge is 0.464 e. The molecule has 1 aromatic heterocycles. The lowest BCUT2D eigenvalue weighted by molar-refractivity contribution is -0.150. The van der Waals surface area contributed by atoms with Crippen LogP contribution >= 0.6 is 11.8 Å². The van der Waals surface area contributed by atoms with Gasteiger partial charge in [-0.25, -0.2) is 4.79 Å². The third kappa shape index (κ3) is 3.51. The number of aromatic nitrogens is 1. The summed E-state index contributed by atoms with van der Waals surface area (Å²) in [6.45, 7) is 7.56. The van der Waals surface area contributed by atoms with Crippen LogP contribution in [-0.2, 0) is 14.3 Å². The van der Waals surface area contributed by atoms with Crippen LogP contribution in [0.4, 0.5) is 4.79 Å². The molecule has 142 valence electrons. The maximum atomic E-state index is 12.7. The molecule has 2 heterocycles. The number of fused-ring (bicyclic) bond motifs is 1. The zero-order chi connectivity index (χ0) is 19.7. The number of hydrogen-bond acceptors (Lipinski definition) is 5. The molecule has 0 saturated carbocycles. The van der Waals surface area contributed by atoms with Crippen molar-refractivity contribution in [3.63, 3.8) is 0 Å². The summed E-state index contributed by atoms with van der Waals surface area (Å²) in [6, 6.07) is 7.25. The van der Waals surface area contributed by atoms with Crippen LogP contribution in [0.5, 0.6) is 0 Å². The van der Waals surface area contributed by atoms with E-state index in [-0.39, 0.29) is 12.6 Å². The van der Waals surface area contributed by atoms with Gasteiger partial charge in [-0.05, 0) is 51.6 Å². The van der Waals surface area contributed by atoms with Crippen molar-refractivity contribution < 1.29 is 19.1 Å². The average molecular weight is 386 g/mol. The van der Waals surface area contributed by atoms with E-state index in [9.17, 15) is 14.4 Å². The van der Waals surface area contributed by atoms with Crippen LogP contribution < -0.4 is 0 Å². The number of imide groups is 1. The first kappa shape index (κ1) is 19.2. The van der Waals surface area contributed by atoms with Gasteiger partial charge in [-0.2, -0.15) is 0 Å². The summed E-state index contributed by atoms with van der Waals surface area (Å²) in [5, 5.41) is 0.552. The smallest absolute Gasteiger partial charge is 0.329 e. The van der Waals surface area contributed by atoms with Crippen LogP contribution in [0, 0.1) is 0 Å². The molecule has 1 aliphatic heterocycles. The Kier molecular flexibility index (Phi) is 5.41. The van der Waals surface area contributed by atoms with Crippen LogP contribution in [0.3, 0.4) is 0 Å². The predicted octanol–water partition coefficient (Wildman–Crippen LogP) is 4.21. The molecule has 0 N–H and O–H groups in total. The second-order valence-corrected chi connectivity index (χ2v) is 7.58. The molecular weight excluding hydrogens is 364 g/mol. The molecule has 0 aliphatic carbocycles. The summed E-state index contributed by atoms with van der Waals surface area (Å²) in [5.41, 5.74) is 1.94. The first-order chi connectivity index (χ1) is 12.8. The molecule has 0 spiro atoms. The molecule has 7 heteroatoms. The average Bonchev–Trinajstić information content (AvgIpc) is 3.13. The van der Waals surface area contributed by atoms with E-state index in [0.717, 1.165) is 33.1 Å². The lowest BCUT2D eigenvalue weighted by atomic mass is 10.1. The Morgan fingerprint density at radius 3 is 2.59 bits per heavy atom. The first-order valence-electron chi connectivity index (χ1n) is 8.88. The summed E-state index contributed by atoms with van der Waals surface area (Å²) >= 11 is 0.848. The summed E-state index contributed by atoms with van der Waals surface area (Å²) in [4.78, 5) is 38.3. The highest BCUT2D eigenvalue weighted by molar-refractivity contribution is 8.18. The Morgan fingerprint density at radius 1 is 1.22 bits per heavy atom. The maximum absolute atomic E-state index is 12.7. The molecule has 1 unspecified atom stereocenters. The minimum absolute atomic E-state index is 0.198. The molecule has 1 atom stereocenters. The lowest BCUT2D eigenvalue weighted by Crippen LogP contribution is -2.42. The Bertz CT molecular complexity index is 945. The number of benzene rings is 1. The molecule has 1 aliphatic rings. The van der Waals surface area contributed by atoms with Gasteiger partial charge in [-0.3, -0.25) is 14.5 Å². The maximum Gasteiger partial charge on any atom is 0.329 e. The van der Waals surface area contributed by atoms with E-state index in [4.69, 9.17) is 4.74 Å². The number of para-hydroxylation sites is 1. The van der Waals surface area contributed by atoms with Crippen molar-refractivity contribution in [1.82, 2.24) is 9.47 Å². The molecule has 1 fully saturated rings. The third-order valence-corrected chi connectivity index (χ3v) is 5.34. The summed E-state index contributed by atoms with van der Waals surface area (Å²) in [6.07, 6.45) is 3.71. The van der Waals surface area contributed by atoms with Gasteiger partial charge in [0.2, 0.25) is 0 Å². The fraction of sp³-hybridized carbons (Fsp3) is 0.350. The standard InChI is InChI=1S/C20H22N2O4S/c1-5-26-19(24)13(4)22-18(23)17(27-20(22)25)10-14-11-21(12(2)3)16-9-7-6-8-15(14)16/h6-13H,5H2,1-4H3. The number of amides is 2. The number of esters is 1. The molecular formula is C20H22N2O4S. The monoisotopic (exact) mass is 386 g/mol. The number of carbonyl (C=O) groups is 3. The molecule has 3 rings (SSSR count). The molecule has 1 saturated heterocycles. The minimum Gasteiger partial charge on any atom is -0.464 e. The predicted molar refractivity (Wildman–Crippen MR) is 106 cm³/mol. The number of nitrogens with zero attached hydrogens (tertiary/aromatic N) is 2. The van der Waals surface area contributed by atoms with Gasteiger partial charge in [0, 0.05) is 28.7 Å². The van der Waals surface area contributed by atoms with Gasteiger partial charge >= 0.3 is 5.97 Å². The highest BCUT2D eigenvalue weighted by Gasteiger charge is 2.41. The number of carbonyl (C=O) groups excluding carboxylic acids is 3. The first-order valence-corrected chi connectivity index (χ1v) is 9.70. The zero-order valence-electron chi connectivity index (χ0n) is 15.8. The van der Waals surface area contributed by atoms with E-state index >= 15 is 0 Å². The molecule has 0 bridgehead atoms. The van der Waals surface area contributed by atoms with Crippen molar-refractivity contribution in [3.05, 3.63) is 40.9 Å². The van der Waals surface area contributed by atoms with Gasteiger partial charge < -0.3 is 9.30 Å². The molecule has 1 aromatic carbocycles. The van der Waals surface area contributed by atoms with Crippen molar-refractivity contribution in [2.45, 2.75) is 39.8 Å². The van der Waals surface area contributed by atoms with Crippen LogP contribution in [-0.4, -0.2) is 39.2 Å². The molecule has 2 aromatic rings. The number of thioether (sulfide) groups is 1. The third-order valence-electron chi connectivity index (χ3n) is 4.45. The second kappa shape index (κ2) is 7.60. The van der Waals surface area contributed by atoms with Crippen molar-refractivity contribution in [3.8, 4) is 0 Å². The topological polar surface area (TPSA) is 68.6 Å².